The van der Waals surface area contributed by atoms with Crippen molar-refractivity contribution in [1.29, 1.82) is 0 Å². The summed E-state index contributed by atoms with van der Waals surface area (Å²) >= 11 is 5.76. The first kappa shape index (κ1) is 26.7. The molecule has 31 heavy (non-hydrogen) atoms. The zero-order valence-electron chi connectivity index (χ0n) is 19.3. The summed E-state index contributed by atoms with van der Waals surface area (Å²) in [6.07, 6.45) is 5.97. The quantitative estimate of drug-likeness (QED) is 0.394. The van der Waals surface area contributed by atoms with E-state index in [4.69, 9.17) is 17.3 Å². The molecule has 1 aromatic heterocycles. The molecule has 0 aliphatic carbocycles. The lowest BCUT2D eigenvalue weighted by atomic mass is 10.0. The maximum atomic E-state index is 13.9. The Hall–Kier alpha value is -2.30. The van der Waals surface area contributed by atoms with Crippen molar-refractivity contribution in [2.24, 2.45) is 5.73 Å². The van der Waals surface area contributed by atoms with Gasteiger partial charge in [0.05, 0.1) is 6.20 Å². The molecule has 0 spiro atoms. The predicted molar refractivity (Wildman–Crippen MR) is 132 cm³/mol. The molecule has 3 aromatic rings. The van der Waals surface area contributed by atoms with Gasteiger partial charge < -0.3 is 5.73 Å². The molecule has 1 unspecified atom stereocenters. The molecule has 0 bridgehead atoms. The van der Waals surface area contributed by atoms with Gasteiger partial charge in [0, 0.05) is 11.6 Å². The van der Waals surface area contributed by atoms with E-state index in [9.17, 15) is 4.39 Å². The predicted octanol–water partition coefficient (Wildman–Crippen LogP) is 7.85. The van der Waals surface area contributed by atoms with Crippen LogP contribution in [0.4, 0.5) is 4.39 Å². The highest BCUT2D eigenvalue weighted by Gasteiger charge is 2.10. The third kappa shape index (κ3) is 9.16. The Kier molecular flexibility index (Phi) is 12.6. The summed E-state index contributed by atoms with van der Waals surface area (Å²) in [6.45, 7) is 10.4. The summed E-state index contributed by atoms with van der Waals surface area (Å²) in [4.78, 5) is 7.61. The lowest BCUT2D eigenvalue weighted by Crippen LogP contribution is -2.17. The van der Waals surface area contributed by atoms with Crippen molar-refractivity contribution < 1.29 is 4.39 Å². The molecule has 5 heteroatoms. The van der Waals surface area contributed by atoms with Gasteiger partial charge in [-0.1, -0.05) is 88.6 Å². The molecule has 2 N–H and O–H groups in total. The minimum absolute atomic E-state index is 0.0346. The van der Waals surface area contributed by atoms with Gasteiger partial charge in [0.25, 0.3) is 0 Å². The average Bonchev–Trinajstić information content (AvgIpc) is 2.81. The molecule has 0 fully saturated rings. The van der Waals surface area contributed by atoms with E-state index in [2.05, 4.69) is 29.9 Å². The number of hydrogen-bond donors (Lipinski definition) is 1. The first-order chi connectivity index (χ1) is 14.9. The van der Waals surface area contributed by atoms with Gasteiger partial charge in [0.1, 0.15) is 5.69 Å². The second-order valence-corrected chi connectivity index (χ2v) is 7.43. The topological polar surface area (TPSA) is 51.8 Å². The van der Waals surface area contributed by atoms with Crippen LogP contribution in [0.3, 0.4) is 0 Å². The fourth-order valence-corrected chi connectivity index (χ4v) is 3.02. The van der Waals surface area contributed by atoms with Crippen molar-refractivity contribution in [3.63, 3.8) is 0 Å². The largest absolute Gasteiger partial charge is 0.328 e. The molecular formula is C26H35ClFN3. The van der Waals surface area contributed by atoms with Crippen molar-refractivity contribution >= 4 is 11.6 Å². The number of aromatic nitrogens is 2. The van der Waals surface area contributed by atoms with E-state index < -0.39 is 5.82 Å². The SMILES string of the molecule is CC.CCCCC(N)CC.Cc1cccc(-c2cccc(-c3nc(Cl)ncc3F)c2)c1. The summed E-state index contributed by atoms with van der Waals surface area (Å²) in [5.41, 5.74) is 9.81. The van der Waals surface area contributed by atoms with Crippen molar-refractivity contribution in [3.05, 3.63) is 71.4 Å². The Labute approximate surface area is 191 Å². The van der Waals surface area contributed by atoms with Crippen molar-refractivity contribution in [3.8, 4) is 22.4 Å². The van der Waals surface area contributed by atoms with Crippen LogP contribution in [0.15, 0.2) is 54.7 Å². The van der Waals surface area contributed by atoms with Crippen LogP contribution in [-0.4, -0.2) is 16.0 Å². The van der Waals surface area contributed by atoms with E-state index in [1.807, 2.05) is 57.2 Å². The summed E-state index contributed by atoms with van der Waals surface area (Å²) in [6, 6.07) is 16.2. The molecule has 0 saturated heterocycles. The Balaban J connectivity index is 0.000000409. The highest BCUT2D eigenvalue weighted by Crippen LogP contribution is 2.27. The Morgan fingerprint density at radius 3 is 2.23 bits per heavy atom. The Morgan fingerprint density at radius 1 is 1.00 bits per heavy atom. The van der Waals surface area contributed by atoms with Gasteiger partial charge in [-0.15, -0.1) is 0 Å². The second-order valence-electron chi connectivity index (χ2n) is 7.10. The lowest BCUT2D eigenvalue weighted by molar-refractivity contribution is 0.562. The molecule has 0 aliphatic heterocycles. The third-order valence-electron chi connectivity index (χ3n) is 4.65. The first-order valence-corrected chi connectivity index (χ1v) is 11.4. The van der Waals surface area contributed by atoms with Crippen molar-refractivity contribution in [2.75, 3.05) is 0 Å². The van der Waals surface area contributed by atoms with Crippen molar-refractivity contribution in [2.45, 2.75) is 66.3 Å². The van der Waals surface area contributed by atoms with E-state index >= 15 is 0 Å². The molecule has 168 valence electrons. The fourth-order valence-electron chi connectivity index (χ4n) is 2.89. The average molecular weight is 444 g/mol. The molecule has 1 heterocycles. The van der Waals surface area contributed by atoms with Crippen LogP contribution in [0.1, 0.15) is 58.9 Å². The van der Waals surface area contributed by atoms with Gasteiger partial charge in [-0.25, -0.2) is 14.4 Å². The van der Waals surface area contributed by atoms with Crippen LogP contribution < -0.4 is 5.73 Å². The summed E-state index contributed by atoms with van der Waals surface area (Å²) in [5, 5.41) is 0.0346. The van der Waals surface area contributed by atoms with E-state index in [0.29, 0.717) is 11.6 Å². The zero-order chi connectivity index (χ0) is 23.2. The minimum atomic E-state index is -0.485. The van der Waals surface area contributed by atoms with E-state index in [1.54, 1.807) is 6.07 Å². The number of hydrogen-bond acceptors (Lipinski definition) is 3. The molecule has 0 amide bonds. The number of nitrogens with zero attached hydrogens (tertiary/aromatic N) is 2. The number of unbranched alkanes of at least 4 members (excludes halogenated alkanes) is 1. The third-order valence-corrected chi connectivity index (χ3v) is 4.84. The van der Waals surface area contributed by atoms with Crippen molar-refractivity contribution in [1.82, 2.24) is 9.97 Å². The van der Waals surface area contributed by atoms with Gasteiger partial charge in [0.2, 0.25) is 5.28 Å². The van der Waals surface area contributed by atoms with Gasteiger partial charge in [-0.05, 0) is 48.6 Å². The zero-order valence-corrected chi connectivity index (χ0v) is 20.1. The van der Waals surface area contributed by atoms with E-state index in [1.165, 1.54) is 24.8 Å². The maximum Gasteiger partial charge on any atom is 0.223 e. The molecule has 0 saturated carbocycles. The molecule has 2 aromatic carbocycles. The van der Waals surface area contributed by atoms with Crippen LogP contribution in [0.25, 0.3) is 22.4 Å². The van der Waals surface area contributed by atoms with Crippen LogP contribution in [0, 0.1) is 12.7 Å². The lowest BCUT2D eigenvalue weighted by Gasteiger charge is -2.07. The highest BCUT2D eigenvalue weighted by molar-refractivity contribution is 6.28. The first-order valence-electron chi connectivity index (χ1n) is 11.1. The van der Waals surface area contributed by atoms with Crippen LogP contribution in [0.5, 0.6) is 0 Å². The minimum Gasteiger partial charge on any atom is -0.328 e. The second kappa shape index (κ2) is 14.7. The van der Waals surface area contributed by atoms with Gasteiger partial charge in [-0.2, -0.15) is 0 Å². The normalized spacial score (nSPS) is 11.0. The molecule has 3 rings (SSSR count). The smallest absolute Gasteiger partial charge is 0.223 e. The van der Waals surface area contributed by atoms with E-state index in [0.717, 1.165) is 23.7 Å². The fraction of sp³-hybridized carbons (Fsp3) is 0.385. The van der Waals surface area contributed by atoms with Crippen LogP contribution in [-0.2, 0) is 0 Å². The summed E-state index contributed by atoms with van der Waals surface area (Å²) < 4.78 is 13.9. The van der Waals surface area contributed by atoms with E-state index in [-0.39, 0.29) is 11.0 Å². The molecule has 3 nitrogen and oxygen atoms in total. The molecular weight excluding hydrogens is 409 g/mol. The Bertz CT molecular complexity index is 915. The highest BCUT2D eigenvalue weighted by atomic mass is 35.5. The van der Waals surface area contributed by atoms with Crippen LogP contribution >= 0.6 is 11.6 Å². The molecule has 0 radical (unpaired) electrons. The number of halogens is 2. The number of nitrogens with two attached hydrogens (primary N) is 1. The monoisotopic (exact) mass is 443 g/mol. The summed E-state index contributed by atoms with van der Waals surface area (Å²) in [7, 11) is 0. The van der Waals surface area contributed by atoms with Gasteiger partial charge in [0.15, 0.2) is 5.82 Å². The number of rotatable bonds is 6. The van der Waals surface area contributed by atoms with Gasteiger partial charge >= 0.3 is 0 Å². The number of benzene rings is 2. The Morgan fingerprint density at radius 2 is 1.61 bits per heavy atom. The van der Waals surface area contributed by atoms with Crippen LogP contribution in [0.2, 0.25) is 5.28 Å². The maximum absolute atomic E-state index is 13.9. The molecule has 0 aliphatic rings. The molecule has 1 atom stereocenters. The summed E-state index contributed by atoms with van der Waals surface area (Å²) in [5.74, 6) is -0.485. The van der Waals surface area contributed by atoms with Gasteiger partial charge in [-0.3, -0.25) is 0 Å². The standard InChI is InChI=1S/C17H12ClFN2.C7H17N.C2H6/c1-11-4-2-5-12(8-11)13-6-3-7-14(9-13)16-15(19)10-20-17(18)21-16;1-3-5-6-7(8)4-2;1-2/h2-10H,1H3;7H,3-6,8H2,1-2H3;1-2H3. The number of aryl methyl sites for hydroxylation is 1.